The predicted molar refractivity (Wildman–Crippen MR) is 82.6 cm³/mol. The topological polar surface area (TPSA) is 48.4 Å². The van der Waals surface area contributed by atoms with Gasteiger partial charge in [-0.2, -0.15) is 0 Å². The fourth-order valence-corrected chi connectivity index (χ4v) is 3.39. The molecule has 1 unspecified atom stereocenters. The van der Waals surface area contributed by atoms with Crippen LogP contribution in [-0.2, 0) is 0 Å². The molecule has 20 heavy (non-hydrogen) atoms. The van der Waals surface area contributed by atoms with E-state index in [1.807, 2.05) is 25.1 Å². The van der Waals surface area contributed by atoms with Crippen molar-refractivity contribution in [3.63, 3.8) is 0 Å². The quantitative estimate of drug-likeness (QED) is 0.786. The van der Waals surface area contributed by atoms with Crippen LogP contribution in [0.5, 0.6) is 5.75 Å². The fraction of sp³-hybridized carbons (Fsp3) is 0.250. The van der Waals surface area contributed by atoms with Gasteiger partial charge in [-0.3, -0.25) is 0 Å². The van der Waals surface area contributed by atoms with Gasteiger partial charge in [-0.15, -0.1) is 11.3 Å². The lowest BCUT2D eigenvalue weighted by Crippen LogP contribution is -2.11. The molecule has 2 aromatic heterocycles. The van der Waals surface area contributed by atoms with E-state index in [1.165, 1.54) is 5.56 Å². The fourth-order valence-electron chi connectivity index (χ4n) is 2.46. The van der Waals surface area contributed by atoms with Gasteiger partial charge in [-0.1, -0.05) is 0 Å². The number of hydrogen-bond acceptors (Lipinski definition) is 4. The minimum Gasteiger partial charge on any atom is -0.497 e. The van der Waals surface area contributed by atoms with E-state index in [-0.39, 0.29) is 6.04 Å². The Labute approximate surface area is 122 Å². The molecule has 0 aliphatic heterocycles. The second kappa shape index (κ2) is 4.96. The van der Waals surface area contributed by atoms with Crippen LogP contribution in [0.3, 0.4) is 0 Å². The Bertz CT molecular complexity index is 757. The average Bonchev–Trinajstić information content (AvgIpc) is 3.02. The van der Waals surface area contributed by atoms with Crippen molar-refractivity contribution in [1.29, 1.82) is 0 Å². The Morgan fingerprint density at radius 3 is 2.70 bits per heavy atom. The first-order chi connectivity index (χ1) is 9.61. The molecule has 3 aromatic rings. The van der Waals surface area contributed by atoms with Crippen molar-refractivity contribution in [2.75, 3.05) is 7.11 Å². The van der Waals surface area contributed by atoms with Crippen LogP contribution in [0.4, 0.5) is 0 Å². The van der Waals surface area contributed by atoms with Gasteiger partial charge in [-0.05, 0) is 49.1 Å². The Morgan fingerprint density at radius 2 is 2.05 bits per heavy atom. The molecule has 0 aliphatic rings. The second-order valence-corrected chi connectivity index (χ2v) is 5.85. The second-order valence-electron chi connectivity index (χ2n) is 4.90. The summed E-state index contributed by atoms with van der Waals surface area (Å²) in [4.78, 5) is 1.15. The summed E-state index contributed by atoms with van der Waals surface area (Å²) in [6, 6.07) is 7.69. The zero-order valence-corrected chi connectivity index (χ0v) is 12.6. The molecule has 1 aromatic carbocycles. The van der Waals surface area contributed by atoms with E-state index in [4.69, 9.17) is 14.9 Å². The summed E-state index contributed by atoms with van der Waals surface area (Å²) in [5.74, 6) is 1.66. The highest BCUT2D eigenvalue weighted by Gasteiger charge is 2.21. The molecule has 1 atom stereocenters. The number of furan rings is 1. The molecule has 0 amide bonds. The molecule has 3 nitrogen and oxygen atoms in total. The van der Waals surface area contributed by atoms with Crippen molar-refractivity contribution in [2.24, 2.45) is 5.73 Å². The van der Waals surface area contributed by atoms with Crippen LogP contribution in [0, 0.1) is 13.8 Å². The summed E-state index contributed by atoms with van der Waals surface area (Å²) < 4.78 is 11.2. The number of methoxy groups -OCH3 is 1. The lowest BCUT2D eigenvalue weighted by molar-refractivity contribution is 0.415. The SMILES string of the molecule is COc1ccc2oc(C(N)c3sccc3C)c(C)c2c1. The van der Waals surface area contributed by atoms with Crippen LogP contribution in [0.2, 0.25) is 0 Å². The van der Waals surface area contributed by atoms with Gasteiger partial charge in [0, 0.05) is 15.8 Å². The normalized spacial score (nSPS) is 12.8. The van der Waals surface area contributed by atoms with Crippen molar-refractivity contribution in [2.45, 2.75) is 19.9 Å². The number of nitrogens with two attached hydrogens (primary N) is 1. The first-order valence-electron chi connectivity index (χ1n) is 6.48. The highest BCUT2D eigenvalue weighted by Crippen LogP contribution is 2.35. The summed E-state index contributed by atoms with van der Waals surface area (Å²) in [7, 11) is 1.66. The third-order valence-corrected chi connectivity index (χ3v) is 4.75. The molecule has 0 saturated carbocycles. The van der Waals surface area contributed by atoms with Crippen molar-refractivity contribution >= 4 is 22.3 Å². The number of aryl methyl sites for hydroxylation is 2. The van der Waals surface area contributed by atoms with Gasteiger partial charge in [0.15, 0.2) is 0 Å². The van der Waals surface area contributed by atoms with E-state index in [9.17, 15) is 0 Å². The maximum absolute atomic E-state index is 6.38. The van der Waals surface area contributed by atoms with Crippen LogP contribution in [0.15, 0.2) is 34.1 Å². The summed E-state index contributed by atoms with van der Waals surface area (Å²) in [6.45, 7) is 4.12. The van der Waals surface area contributed by atoms with Gasteiger partial charge < -0.3 is 14.9 Å². The van der Waals surface area contributed by atoms with Gasteiger partial charge in [0.05, 0.1) is 13.2 Å². The third-order valence-electron chi connectivity index (χ3n) is 3.65. The first-order valence-corrected chi connectivity index (χ1v) is 7.36. The Balaban J connectivity index is 2.12. The molecule has 0 radical (unpaired) electrons. The number of thiophene rings is 1. The highest BCUT2D eigenvalue weighted by atomic mass is 32.1. The van der Waals surface area contributed by atoms with Gasteiger partial charge in [0.2, 0.25) is 0 Å². The molecular formula is C16H17NO2S. The largest absolute Gasteiger partial charge is 0.497 e. The minimum absolute atomic E-state index is 0.214. The van der Waals surface area contributed by atoms with Crippen LogP contribution >= 0.6 is 11.3 Å². The van der Waals surface area contributed by atoms with E-state index in [0.29, 0.717) is 0 Å². The van der Waals surface area contributed by atoms with Crippen LogP contribution in [0.1, 0.15) is 27.8 Å². The van der Waals surface area contributed by atoms with E-state index in [0.717, 1.165) is 32.9 Å². The standard InChI is InChI=1S/C16H17NO2S/c1-9-6-7-20-16(9)14(17)15-10(2)12-8-11(18-3)4-5-13(12)19-15/h4-8,14H,17H2,1-3H3. The van der Waals surface area contributed by atoms with Crippen LogP contribution in [-0.4, -0.2) is 7.11 Å². The molecule has 0 spiro atoms. The zero-order chi connectivity index (χ0) is 14.3. The summed E-state index contributed by atoms with van der Waals surface area (Å²) in [6.07, 6.45) is 0. The third kappa shape index (κ3) is 2.01. The number of ether oxygens (including phenoxy) is 1. The lowest BCUT2D eigenvalue weighted by Gasteiger charge is -2.09. The zero-order valence-electron chi connectivity index (χ0n) is 11.8. The molecular weight excluding hydrogens is 270 g/mol. The van der Waals surface area contributed by atoms with Gasteiger partial charge in [0.1, 0.15) is 17.1 Å². The molecule has 2 N–H and O–H groups in total. The average molecular weight is 287 g/mol. The summed E-state index contributed by atoms with van der Waals surface area (Å²) in [5.41, 5.74) is 9.52. The maximum atomic E-state index is 6.38. The molecule has 104 valence electrons. The van der Waals surface area contributed by atoms with Gasteiger partial charge in [0.25, 0.3) is 0 Å². The van der Waals surface area contributed by atoms with E-state index in [1.54, 1.807) is 18.4 Å². The van der Waals surface area contributed by atoms with E-state index in [2.05, 4.69) is 18.4 Å². The molecule has 4 heteroatoms. The minimum atomic E-state index is -0.214. The monoisotopic (exact) mass is 287 g/mol. The van der Waals surface area contributed by atoms with Gasteiger partial charge in [-0.25, -0.2) is 0 Å². The molecule has 3 rings (SSSR count). The van der Waals surface area contributed by atoms with Crippen molar-refractivity contribution in [3.8, 4) is 5.75 Å². The number of hydrogen-bond donors (Lipinski definition) is 1. The molecule has 2 heterocycles. The maximum Gasteiger partial charge on any atom is 0.134 e. The number of fused-ring (bicyclic) bond motifs is 1. The molecule has 0 saturated heterocycles. The van der Waals surface area contributed by atoms with Crippen molar-refractivity contribution in [1.82, 2.24) is 0 Å². The van der Waals surface area contributed by atoms with Crippen molar-refractivity contribution < 1.29 is 9.15 Å². The molecule has 0 fully saturated rings. The highest BCUT2D eigenvalue weighted by molar-refractivity contribution is 7.10. The Kier molecular flexibility index (Phi) is 3.28. The van der Waals surface area contributed by atoms with Gasteiger partial charge >= 0.3 is 0 Å². The summed E-state index contributed by atoms with van der Waals surface area (Å²) in [5, 5.41) is 3.12. The number of benzene rings is 1. The van der Waals surface area contributed by atoms with Crippen molar-refractivity contribution in [3.05, 3.63) is 51.4 Å². The Hall–Kier alpha value is -1.78. The smallest absolute Gasteiger partial charge is 0.134 e. The Morgan fingerprint density at radius 1 is 1.25 bits per heavy atom. The van der Waals surface area contributed by atoms with E-state index >= 15 is 0 Å². The molecule has 0 bridgehead atoms. The van der Waals surface area contributed by atoms with Crippen LogP contribution in [0.25, 0.3) is 11.0 Å². The lowest BCUT2D eigenvalue weighted by atomic mass is 10.1. The predicted octanol–water partition coefficient (Wildman–Crippen LogP) is 4.17. The molecule has 0 aliphatic carbocycles. The summed E-state index contributed by atoms with van der Waals surface area (Å²) >= 11 is 1.67. The first kappa shape index (κ1) is 13.2. The van der Waals surface area contributed by atoms with Crippen LogP contribution < -0.4 is 10.5 Å². The number of rotatable bonds is 3. The van der Waals surface area contributed by atoms with E-state index < -0.39 is 0 Å².